The molecule has 0 radical (unpaired) electrons. The van der Waals surface area contributed by atoms with Crippen molar-refractivity contribution in [3.8, 4) is 0 Å². The van der Waals surface area contributed by atoms with Crippen LogP contribution >= 0.6 is 0 Å². The van der Waals surface area contributed by atoms with Crippen LogP contribution in [0.4, 0.5) is 0 Å². The van der Waals surface area contributed by atoms with E-state index in [-0.39, 0.29) is 24.6 Å². The monoisotopic (exact) mass is 365 g/mol. The summed E-state index contributed by atoms with van der Waals surface area (Å²) in [5.74, 6) is -0.189. The van der Waals surface area contributed by atoms with Gasteiger partial charge in [0, 0.05) is 36.7 Å². The van der Waals surface area contributed by atoms with Crippen molar-refractivity contribution in [3.05, 3.63) is 75.3 Å². The molecule has 6 nitrogen and oxygen atoms in total. The first kappa shape index (κ1) is 18.8. The Balaban J connectivity index is 1.96. The van der Waals surface area contributed by atoms with Gasteiger partial charge in [-0.05, 0) is 55.0 Å². The topological polar surface area (TPSA) is 86.3 Å². The SMILES string of the molecule is Cc1ccc2cc(CN(CCCO)C(=O)c3ccncc3)c(=O)[nH]c2c1C. The van der Waals surface area contributed by atoms with Crippen LogP contribution in [-0.4, -0.2) is 39.0 Å². The molecule has 0 unspecified atom stereocenters. The van der Waals surface area contributed by atoms with Crippen LogP contribution in [0.1, 0.15) is 33.5 Å². The highest BCUT2D eigenvalue weighted by molar-refractivity contribution is 5.94. The lowest BCUT2D eigenvalue weighted by Crippen LogP contribution is -2.34. The summed E-state index contributed by atoms with van der Waals surface area (Å²) in [6.45, 7) is 4.51. The van der Waals surface area contributed by atoms with E-state index >= 15 is 0 Å². The van der Waals surface area contributed by atoms with Gasteiger partial charge < -0.3 is 15.0 Å². The van der Waals surface area contributed by atoms with E-state index in [1.54, 1.807) is 29.4 Å². The second-order valence-corrected chi connectivity index (χ2v) is 6.64. The highest BCUT2D eigenvalue weighted by Crippen LogP contribution is 2.19. The first-order valence-corrected chi connectivity index (χ1v) is 8.93. The van der Waals surface area contributed by atoms with E-state index in [2.05, 4.69) is 9.97 Å². The maximum Gasteiger partial charge on any atom is 0.254 e. The molecule has 140 valence electrons. The number of hydrogen-bond donors (Lipinski definition) is 2. The number of fused-ring (bicyclic) bond motifs is 1. The van der Waals surface area contributed by atoms with E-state index in [0.29, 0.717) is 24.1 Å². The molecular weight excluding hydrogens is 342 g/mol. The number of aromatic nitrogens is 2. The molecule has 27 heavy (non-hydrogen) atoms. The number of pyridine rings is 2. The summed E-state index contributed by atoms with van der Waals surface area (Å²) in [6, 6.07) is 9.12. The number of carbonyl (C=O) groups excluding carboxylic acids is 1. The van der Waals surface area contributed by atoms with Crippen LogP contribution in [0.15, 0.2) is 47.5 Å². The number of carbonyl (C=O) groups is 1. The first-order valence-electron chi connectivity index (χ1n) is 8.93. The van der Waals surface area contributed by atoms with Gasteiger partial charge in [0.05, 0.1) is 12.1 Å². The van der Waals surface area contributed by atoms with Gasteiger partial charge in [-0.15, -0.1) is 0 Å². The van der Waals surface area contributed by atoms with Gasteiger partial charge in [0.25, 0.3) is 11.5 Å². The fraction of sp³-hybridized carbons (Fsp3) is 0.286. The zero-order valence-corrected chi connectivity index (χ0v) is 15.5. The van der Waals surface area contributed by atoms with Crippen molar-refractivity contribution in [3.63, 3.8) is 0 Å². The van der Waals surface area contributed by atoms with E-state index in [1.165, 1.54) is 0 Å². The molecule has 0 saturated carbocycles. The number of rotatable bonds is 6. The third-order valence-electron chi connectivity index (χ3n) is 4.79. The summed E-state index contributed by atoms with van der Waals surface area (Å²) in [7, 11) is 0. The maximum atomic E-state index is 12.8. The van der Waals surface area contributed by atoms with Gasteiger partial charge in [-0.2, -0.15) is 0 Å². The molecule has 0 fully saturated rings. The molecule has 0 aliphatic rings. The van der Waals surface area contributed by atoms with E-state index in [9.17, 15) is 14.7 Å². The van der Waals surface area contributed by atoms with Gasteiger partial charge in [0.15, 0.2) is 0 Å². The molecule has 0 saturated heterocycles. The molecule has 0 aliphatic heterocycles. The second-order valence-electron chi connectivity index (χ2n) is 6.64. The maximum absolute atomic E-state index is 12.8. The Bertz CT molecular complexity index is 1010. The molecule has 3 aromatic rings. The molecule has 6 heteroatoms. The molecule has 2 heterocycles. The molecule has 0 atom stereocenters. The molecule has 3 rings (SSSR count). The van der Waals surface area contributed by atoms with Gasteiger partial charge in [-0.25, -0.2) is 0 Å². The fourth-order valence-corrected chi connectivity index (χ4v) is 3.08. The van der Waals surface area contributed by atoms with Gasteiger partial charge in [0.1, 0.15) is 0 Å². The van der Waals surface area contributed by atoms with E-state index < -0.39 is 0 Å². The Morgan fingerprint density at radius 1 is 1.19 bits per heavy atom. The Morgan fingerprint density at radius 3 is 2.63 bits per heavy atom. The van der Waals surface area contributed by atoms with Crippen molar-refractivity contribution in [2.24, 2.45) is 0 Å². The van der Waals surface area contributed by atoms with Crippen LogP contribution in [0.5, 0.6) is 0 Å². The van der Waals surface area contributed by atoms with Crippen molar-refractivity contribution in [2.45, 2.75) is 26.8 Å². The minimum Gasteiger partial charge on any atom is -0.396 e. The van der Waals surface area contributed by atoms with Crippen LogP contribution in [0.3, 0.4) is 0 Å². The molecule has 2 N–H and O–H groups in total. The van der Waals surface area contributed by atoms with Crippen molar-refractivity contribution >= 4 is 16.8 Å². The van der Waals surface area contributed by atoms with E-state index in [0.717, 1.165) is 22.0 Å². The minimum atomic E-state index is -0.201. The molecular formula is C21H23N3O3. The number of nitrogens with one attached hydrogen (secondary N) is 1. The van der Waals surface area contributed by atoms with E-state index in [4.69, 9.17) is 0 Å². The van der Waals surface area contributed by atoms with Crippen molar-refractivity contribution in [1.82, 2.24) is 14.9 Å². The third-order valence-corrected chi connectivity index (χ3v) is 4.79. The lowest BCUT2D eigenvalue weighted by Gasteiger charge is -2.22. The number of aliphatic hydroxyl groups is 1. The Hall–Kier alpha value is -2.99. The Labute approximate surface area is 157 Å². The average molecular weight is 365 g/mol. The number of benzene rings is 1. The minimum absolute atomic E-state index is 0.0212. The number of aromatic amines is 1. The van der Waals surface area contributed by atoms with Crippen molar-refractivity contribution < 1.29 is 9.90 Å². The van der Waals surface area contributed by atoms with Gasteiger partial charge in [-0.3, -0.25) is 14.6 Å². The lowest BCUT2D eigenvalue weighted by molar-refractivity contribution is 0.0731. The standard InChI is InChI=1S/C21H23N3O3/c1-14-4-5-17-12-18(20(26)23-19(17)15(14)2)13-24(10-3-11-25)21(27)16-6-8-22-9-7-16/h4-9,12,25H,3,10-11,13H2,1-2H3,(H,23,26). The molecule has 2 aromatic heterocycles. The number of nitrogens with zero attached hydrogens (tertiary/aromatic N) is 2. The summed E-state index contributed by atoms with van der Waals surface area (Å²) >= 11 is 0. The summed E-state index contributed by atoms with van der Waals surface area (Å²) in [4.78, 5) is 33.9. The average Bonchev–Trinajstić information content (AvgIpc) is 2.69. The predicted molar refractivity (Wildman–Crippen MR) is 105 cm³/mol. The molecule has 1 aromatic carbocycles. The lowest BCUT2D eigenvalue weighted by atomic mass is 10.0. The van der Waals surface area contributed by atoms with Gasteiger partial charge in [0.2, 0.25) is 0 Å². The van der Waals surface area contributed by atoms with Crippen LogP contribution in [0.2, 0.25) is 0 Å². The Kier molecular flexibility index (Phi) is 5.66. The zero-order chi connectivity index (χ0) is 19.4. The van der Waals surface area contributed by atoms with Gasteiger partial charge in [-0.1, -0.05) is 12.1 Å². The number of amides is 1. The fourth-order valence-electron chi connectivity index (χ4n) is 3.08. The molecule has 1 amide bonds. The highest BCUT2D eigenvalue weighted by atomic mass is 16.3. The number of H-pyrrole nitrogens is 1. The summed E-state index contributed by atoms with van der Waals surface area (Å²) in [5.41, 5.74) is 3.81. The number of hydrogen-bond acceptors (Lipinski definition) is 4. The predicted octanol–water partition coefficient (Wildman–Crippen LogP) is 2.56. The van der Waals surface area contributed by atoms with Crippen LogP contribution in [0.25, 0.3) is 10.9 Å². The normalized spacial score (nSPS) is 10.9. The summed E-state index contributed by atoms with van der Waals surface area (Å²) in [5, 5.41) is 10.1. The van der Waals surface area contributed by atoms with E-state index in [1.807, 2.05) is 32.0 Å². The van der Waals surface area contributed by atoms with Crippen LogP contribution < -0.4 is 5.56 Å². The molecule has 0 spiro atoms. The van der Waals surface area contributed by atoms with Crippen molar-refractivity contribution in [1.29, 1.82) is 0 Å². The number of aryl methyl sites for hydroxylation is 2. The largest absolute Gasteiger partial charge is 0.396 e. The van der Waals surface area contributed by atoms with Gasteiger partial charge >= 0.3 is 0 Å². The summed E-state index contributed by atoms with van der Waals surface area (Å²) in [6.07, 6.45) is 3.57. The van der Waals surface area contributed by atoms with Crippen molar-refractivity contribution in [2.75, 3.05) is 13.2 Å². The smallest absolute Gasteiger partial charge is 0.254 e. The number of aliphatic hydroxyl groups excluding tert-OH is 1. The molecule has 0 bridgehead atoms. The first-order chi connectivity index (χ1) is 13.0. The Morgan fingerprint density at radius 2 is 1.93 bits per heavy atom. The van der Waals surface area contributed by atoms with Crippen LogP contribution in [-0.2, 0) is 6.54 Å². The highest BCUT2D eigenvalue weighted by Gasteiger charge is 2.18. The zero-order valence-electron chi connectivity index (χ0n) is 15.5. The third kappa shape index (κ3) is 4.06. The second kappa shape index (κ2) is 8.14. The molecule has 0 aliphatic carbocycles. The quantitative estimate of drug-likeness (QED) is 0.703. The summed E-state index contributed by atoms with van der Waals surface area (Å²) < 4.78 is 0. The van der Waals surface area contributed by atoms with Crippen LogP contribution in [0, 0.1) is 13.8 Å².